The van der Waals surface area contributed by atoms with Crippen molar-refractivity contribution in [3.05, 3.63) is 290 Å². The molecule has 4 aromatic heterocycles. The van der Waals surface area contributed by atoms with E-state index in [-0.39, 0.29) is 61.7 Å². The summed E-state index contributed by atoms with van der Waals surface area (Å²) in [5, 5.41) is 11.7. The zero-order valence-corrected chi connectivity index (χ0v) is 86.6. The summed E-state index contributed by atoms with van der Waals surface area (Å²) in [6.45, 7) is 34.1. The van der Waals surface area contributed by atoms with Crippen molar-refractivity contribution in [3.8, 4) is 56.5 Å². The summed E-state index contributed by atoms with van der Waals surface area (Å²) in [4.78, 5) is 120. The monoisotopic (exact) mass is 2130 g/mol. The van der Waals surface area contributed by atoms with Gasteiger partial charge in [0, 0.05) is 81.2 Å². The number of ether oxygens (including phenoxy) is 5. The Balaban J connectivity index is 0.000000218. The van der Waals surface area contributed by atoms with Gasteiger partial charge in [-0.05, 0) is 211 Å². The van der Waals surface area contributed by atoms with Crippen LogP contribution in [0.2, 0.25) is 0 Å². The van der Waals surface area contributed by atoms with Crippen molar-refractivity contribution in [2.45, 2.75) is 198 Å². The van der Waals surface area contributed by atoms with Gasteiger partial charge in [0.25, 0.3) is 0 Å². The lowest BCUT2D eigenvalue weighted by atomic mass is 9.93. The average Bonchev–Trinajstić information content (AvgIpc) is 1.44. The maximum atomic E-state index is 14.8. The molecule has 0 saturated carbocycles. The number of methoxy groups -OCH3 is 2. The molecule has 0 bridgehead atoms. The molecule has 8 aromatic carbocycles. The molecule has 0 aliphatic rings. The molecule has 4 heterocycles. The lowest BCUT2D eigenvalue weighted by Gasteiger charge is -2.33. The van der Waals surface area contributed by atoms with Crippen LogP contribution in [0, 0.1) is 33.6 Å². The number of rotatable bonds is 28. The Morgan fingerprint density at radius 1 is 0.466 bits per heavy atom. The number of hydrogen-bond donors (Lipinski definition) is 10. The number of aromatic nitrogens is 8. The number of nitrogens with zero attached hydrogens (tertiary/aromatic N) is 5. The van der Waals surface area contributed by atoms with Crippen LogP contribution in [0.5, 0.6) is 11.5 Å². The Kier molecular flexibility index (Phi) is 39.8. The number of hydrogen-bond acceptors (Lipinski definition) is 18. The van der Waals surface area contributed by atoms with E-state index in [1.807, 2.05) is 190 Å². The number of halogens is 5. The second-order valence-electron chi connectivity index (χ2n) is 34.8. The number of nitrogens with two attached hydrogens (primary N) is 2. The van der Waals surface area contributed by atoms with E-state index in [1.165, 1.54) is 5.56 Å². The number of H-pyrrole nitrogens is 4. The predicted molar refractivity (Wildman–Crippen MR) is 539 cm³/mol. The number of amides is 5. The summed E-state index contributed by atoms with van der Waals surface area (Å²) in [6, 6.07) is 52.5. The van der Waals surface area contributed by atoms with Gasteiger partial charge in [-0.3, -0.25) is 24.0 Å². The van der Waals surface area contributed by atoms with Crippen molar-refractivity contribution < 1.29 is 57.2 Å². The Hall–Kier alpha value is -11.4. The SMILES string of the molecule is CC(CC(=O)OC(C)(C)C)C(=O)NCC(=O)c1ccccc1Br.CC(N)c1ncc(-c2ccccc2Br)[nH]1.CC(NC(=O)OC(C)(C)C)c1ncc(-c2ccccc2Br)[nH]1.COc1ccc(CN(C(=O)[C@H](Cc2c(C)cc(C(N)=O)cc2C)NC(=O)OC(C)(C)C)[C@@H](C)c2ncc(-c3ccccc3Br)[nH]2)cc1C.COc1ccc(CNC(C)c2ncc(-c3ccccc3Br)[nH]2)cc1C. The van der Waals surface area contributed by atoms with Crippen LogP contribution in [-0.2, 0) is 48.1 Å². The third-order valence-corrected chi connectivity index (χ3v) is 23.8. The summed E-state index contributed by atoms with van der Waals surface area (Å²) in [7, 11) is 3.31. The van der Waals surface area contributed by atoms with Crippen LogP contribution in [0.4, 0.5) is 9.59 Å². The number of Topliss-reactive ketones (excluding diaryl/α,β-unsaturated/α-hetero) is 1. The van der Waals surface area contributed by atoms with Crippen molar-refractivity contribution in [3.63, 3.8) is 0 Å². The second-order valence-corrected chi connectivity index (χ2v) is 39.1. The highest BCUT2D eigenvalue weighted by atomic mass is 79.9. The normalized spacial score (nSPS) is 12.5. The van der Waals surface area contributed by atoms with Crippen LogP contribution in [0.15, 0.2) is 217 Å². The maximum absolute atomic E-state index is 14.8. The summed E-state index contributed by atoms with van der Waals surface area (Å²) in [5.41, 5.74) is 24.7. The van der Waals surface area contributed by atoms with Gasteiger partial charge in [0.15, 0.2) is 5.78 Å². The van der Waals surface area contributed by atoms with Crippen molar-refractivity contribution in [1.82, 2.24) is 66.0 Å². The van der Waals surface area contributed by atoms with Crippen LogP contribution in [0.3, 0.4) is 0 Å². The Labute approximate surface area is 820 Å². The summed E-state index contributed by atoms with van der Waals surface area (Å²) in [6.07, 6.45) is 6.14. The van der Waals surface area contributed by atoms with Crippen LogP contribution < -0.4 is 42.2 Å². The highest BCUT2D eigenvalue weighted by Gasteiger charge is 2.35. The van der Waals surface area contributed by atoms with E-state index in [9.17, 15) is 33.6 Å². The lowest BCUT2D eigenvalue weighted by molar-refractivity contribution is -0.157. The van der Waals surface area contributed by atoms with Gasteiger partial charge in [-0.2, -0.15) is 0 Å². The standard InChI is InChI=1S/C37H44BrN5O5.C20H22BrN3O.C17H22BrNO4.C16H20BrN3O2.C11H12BrN3/c1-21-16-26(33(39)44)17-22(2)28(21)18-30(42-36(46)48-37(5,6)7)35(45)43(20-25-13-14-32(47-8)23(3)15-25)24(4)34-40-19-31(41-34)27-11-9-10-12-29(27)38;1-13-10-15(8-9-19(13)25-3)11-22-14(2)20-23-12-18(24-20)16-6-4-5-7-17(16)21;1-11(9-15(21)23-17(2,3)4)16(22)19-10-14(20)12-7-5-6-8-13(12)18;1-10(19-15(21)22-16(2,3)4)14-18-9-13(20-14)11-7-5-6-8-12(11)17;1-7(13)11-14-6-10(15-11)8-4-2-3-5-9(8)12/h9-17,19,24,30H,18,20H2,1-8H3,(H2,39,44)(H,40,41)(H,42,46);4-10,12,14,22H,11H2,1-3H3,(H,23,24);5-8,11H,9-10H2,1-4H3,(H,19,22);5-10H,1-4H3,(H,18,20)(H,19,21);2-7H,13H2,1H3,(H,14,15)/t24-,30-;;;;/m0..../s1. The minimum Gasteiger partial charge on any atom is -0.496 e. The molecule has 133 heavy (non-hydrogen) atoms. The molecule has 32 heteroatoms. The third kappa shape index (κ3) is 33.0. The maximum Gasteiger partial charge on any atom is 0.408 e. The number of aryl methyl sites for hydroxylation is 4. The average molecular weight is 2140 g/mol. The molecule has 6 atom stereocenters. The first-order valence-electron chi connectivity index (χ1n) is 43.1. The van der Waals surface area contributed by atoms with E-state index in [4.69, 9.17) is 35.2 Å². The molecule has 0 fully saturated rings. The van der Waals surface area contributed by atoms with E-state index in [0.29, 0.717) is 27.2 Å². The predicted octanol–water partition coefficient (Wildman–Crippen LogP) is 22.5. The highest BCUT2D eigenvalue weighted by Crippen LogP contribution is 2.35. The number of imidazole rings is 4. The zero-order chi connectivity index (χ0) is 97.9. The van der Waals surface area contributed by atoms with Crippen molar-refractivity contribution in [2.75, 3.05) is 20.8 Å². The summed E-state index contributed by atoms with van der Waals surface area (Å²) < 4.78 is 31.5. The van der Waals surface area contributed by atoms with Gasteiger partial charge in [-0.25, -0.2) is 29.5 Å². The molecule has 12 aromatic rings. The van der Waals surface area contributed by atoms with Crippen LogP contribution in [0.25, 0.3) is 45.0 Å². The van der Waals surface area contributed by atoms with Gasteiger partial charge in [0.2, 0.25) is 17.7 Å². The van der Waals surface area contributed by atoms with Crippen LogP contribution >= 0.6 is 79.6 Å². The molecule has 12 rings (SSSR count). The van der Waals surface area contributed by atoms with E-state index in [1.54, 1.807) is 117 Å². The minimum atomic E-state index is -1.02. The summed E-state index contributed by atoms with van der Waals surface area (Å²) >= 11 is 17.5. The third-order valence-electron chi connectivity index (χ3n) is 20.4. The van der Waals surface area contributed by atoms with E-state index in [0.717, 1.165) is 126 Å². The number of esters is 1. The molecule has 0 spiro atoms. The fraction of sp³-hybridized carbons (Fsp3) is 0.337. The molecule has 4 unspecified atom stereocenters. The number of benzene rings is 8. The van der Waals surface area contributed by atoms with Crippen LogP contribution in [-0.4, -0.2) is 130 Å². The minimum absolute atomic E-state index is 0.0215. The Bertz CT molecular complexity index is 5940. The molecule has 5 amide bonds. The van der Waals surface area contributed by atoms with Gasteiger partial charge in [-0.1, -0.05) is 202 Å². The van der Waals surface area contributed by atoms with E-state index < -0.39 is 58.9 Å². The van der Waals surface area contributed by atoms with Gasteiger partial charge >= 0.3 is 18.2 Å². The first-order valence-corrected chi connectivity index (χ1v) is 47.1. The molecular formula is C101H120Br5N15O12. The van der Waals surface area contributed by atoms with Gasteiger partial charge < -0.3 is 81.3 Å². The summed E-state index contributed by atoms with van der Waals surface area (Å²) in [5.74, 6) is 2.23. The highest BCUT2D eigenvalue weighted by molar-refractivity contribution is 9.11. The molecular weight excluding hydrogens is 2010 g/mol. The van der Waals surface area contributed by atoms with Gasteiger partial charge in [0.1, 0.15) is 57.6 Å². The number of alkyl carbamates (subject to hydrolysis) is 2. The van der Waals surface area contributed by atoms with Crippen molar-refractivity contribution >= 4 is 121 Å². The Morgan fingerprint density at radius 2 is 0.857 bits per heavy atom. The van der Waals surface area contributed by atoms with Crippen molar-refractivity contribution in [2.24, 2.45) is 17.4 Å². The molecule has 0 saturated heterocycles. The quantitative estimate of drug-likeness (QED) is 0.0124. The lowest BCUT2D eigenvalue weighted by Crippen LogP contribution is -2.51. The van der Waals surface area contributed by atoms with Gasteiger partial charge in [0.05, 0.1) is 98.9 Å². The molecule has 12 N–H and O–H groups in total. The van der Waals surface area contributed by atoms with Crippen molar-refractivity contribution in [1.29, 1.82) is 0 Å². The fourth-order valence-corrected chi connectivity index (χ4v) is 16.1. The fourth-order valence-electron chi connectivity index (χ4n) is 13.6. The number of primary amides is 1. The molecule has 0 radical (unpaired) electrons. The smallest absolute Gasteiger partial charge is 0.408 e. The molecule has 27 nitrogen and oxygen atoms in total. The molecule has 0 aliphatic carbocycles. The van der Waals surface area contributed by atoms with Crippen LogP contribution in [0.1, 0.15) is 210 Å². The number of nitrogens with one attached hydrogen (secondary N) is 8. The number of aromatic amines is 4. The topological polar surface area (TPSA) is 384 Å². The Morgan fingerprint density at radius 3 is 1.27 bits per heavy atom. The number of carbonyl (C=O) groups is 7. The van der Waals surface area contributed by atoms with E-state index >= 15 is 0 Å². The van der Waals surface area contributed by atoms with Gasteiger partial charge in [-0.15, -0.1) is 0 Å². The molecule has 706 valence electrons. The number of carbonyl (C=O) groups excluding carboxylic acids is 7. The zero-order valence-electron chi connectivity index (χ0n) is 78.7. The second kappa shape index (κ2) is 49.6. The molecule has 0 aliphatic heterocycles. The number of ketones is 1. The largest absolute Gasteiger partial charge is 0.496 e. The first kappa shape index (κ1) is 107. The van der Waals surface area contributed by atoms with E-state index in [2.05, 4.69) is 173 Å². The first-order chi connectivity index (χ1) is 62.7.